The first-order valence-corrected chi connectivity index (χ1v) is 10.8. The van der Waals surface area contributed by atoms with Crippen molar-refractivity contribution in [2.75, 3.05) is 14.1 Å². The summed E-state index contributed by atoms with van der Waals surface area (Å²) in [5.41, 5.74) is 1.69. The van der Waals surface area contributed by atoms with E-state index in [9.17, 15) is 10.2 Å². The van der Waals surface area contributed by atoms with Gasteiger partial charge in [-0.25, -0.2) is 0 Å². The van der Waals surface area contributed by atoms with Gasteiger partial charge in [0.1, 0.15) is 6.10 Å². The Hall–Kier alpha value is -0.210. The van der Waals surface area contributed by atoms with Crippen molar-refractivity contribution < 1.29 is 14.9 Å². The van der Waals surface area contributed by atoms with Gasteiger partial charge in [-0.3, -0.25) is 0 Å². The largest absolute Gasteiger partial charge is 0.388 e. The molecule has 2 heterocycles. The van der Waals surface area contributed by atoms with Gasteiger partial charge in [0.05, 0.1) is 17.3 Å². The van der Waals surface area contributed by atoms with E-state index in [1.807, 2.05) is 19.0 Å². The lowest BCUT2D eigenvalue weighted by Gasteiger charge is -2.55. The minimum absolute atomic E-state index is 0.0837. The third kappa shape index (κ3) is 1.99. The molecule has 5 heteroatoms. The van der Waals surface area contributed by atoms with Gasteiger partial charge in [0.2, 0.25) is 0 Å². The second-order valence-corrected chi connectivity index (χ2v) is 10.5. The van der Waals surface area contributed by atoms with Gasteiger partial charge in [0.15, 0.2) is 0 Å². The van der Waals surface area contributed by atoms with Gasteiger partial charge >= 0.3 is 0 Å². The minimum Gasteiger partial charge on any atom is -0.388 e. The second-order valence-electron chi connectivity index (χ2n) is 9.38. The van der Waals surface area contributed by atoms with Gasteiger partial charge in [-0.15, -0.1) is 0 Å². The Morgan fingerprint density at radius 1 is 1.23 bits per heavy atom. The number of halogens is 1. The third-order valence-electron chi connectivity index (χ3n) is 8.00. The number of hydrogen-bond acceptors (Lipinski definition) is 4. The van der Waals surface area contributed by atoms with Crippen LogP contribution >= 0.6 is 22.6 Å². The highest BCUT2D eigenvalue weighted by Crippen LogP contribution is 2.67. The lowest BCUT2D eigenvalue weighted by Crippen LogP contribution is -2.61. The molecule has 2 N–H and O–H groups in total. The highest BCUT2D eigenvalue weighted by Gasteiger charge is 2.67. The molecule has 2 aliphatic heterocycles. The van der Waals surface area contributed by atoms with E-state index in [0.29, 0.717) is 5.92 Å². The molecule has 3 aliphatic carbocycles. The van der Waals surface area contributed by atoms with Gasteiger partial charge in [-0.1, -0.05) is 25.2 Å². The van der Waals surface area contributed by atoms with E-state index < -0.39 is 17.8 Å². The van der Waals surface area contributed by atoms with Crippen molar-refractivity contribution in [1.82, 2.24) is 4.90 Å². The van der Waals surface area contributed by atoms with Crippen LogP contribution in [0.3, 0.4) is 0 Å². The molecule has 7 atom stereocenters. The van der Waals surface area contributed by atoms with E-state index in [-0.39, 0.29) is 17.1 Å². The molecule has 0 radical (unpaired) electrons. The zero-order valence-corrected chi connectivity index (χ0v) is 17.9. The van der Waals surface area contributed by atoms with Gasteiger partial charge in [0.25, 0.3) is 0 Å². The molecule has 2 fully saturated rings. The van der Waals surface area contributed by atoms with Crippen LogP contribution in [0.1, 0.15) is 39.0 Å². The zero-order chi connectivity index (χ0) is 18.5. The fourth-order valence-electron chi connectivity index (χ4n) is 6.45. The summed E-state index contributed by atoms with van der Waals surface area (Å²) in [4.78, 5) is 2.03. The first-order chi connectivity index (χ1) is 12.2. The molecule has 0 aromatic rings. The normalized spacial score (nSPS) is 52.0. The number of nitrogens with zero attached hydrogens (tertiary/aromatic N) is 1. The standard InChI is InChI=1S/C21H28INO3/c1-19-7-6-12-10-13-17(24)18(25)14(23(2)3)11-20(13)8-9-21(12,26-20)15(19)4-5-16(19)22/h5-6,10,14-15,17-18,24-25H,4,7-9,11H2,1-3H3/t14-,15+,17+,18+,19-,20?,21?/m0/s1. The molecule has 0 aromatic carbocycles. The van der Waals surface area contributed by atoms with Crippen LogP contribution in [0.2, 0.25) is 0 Å². The van der Waals surface area contributed by atoms with E-state index >= 15 is 0 Å². The van der Waals surface area contributed by atoms with Crippen LogP contribution in [0.25, 0.3) is 0 Å². The molecule has 2 unspecified atom stereocenters. The Labute approximate surface area is 169 Å². The summed E-state index contributed by atoms with van der Waals surface area (Å²) >= 11 is 2.52. The molecule has 1 saturated heterocycles. The lowest BCUT2D eigenvalue weighted by atomic mass is 9.61. The number of aliphatic hydroxyl groups excluding tert-OH is 2. The van der Waals surface area contributed by atoms with Gasteiger partial charge in [0, 0.05) is 17.4 Å². The fourth-order valence-corrected chi connectivity index (χ4v) is 7.30. The first kappa shape index (κ1) is 17.9. The molecular formula is C21H28INO3. The van der Waals surface area contributed by atoms with Crippen LogP contribution in [0.4, 0.5) is 0 Å². The van der Waals surface area contributed by atoms with E-state index in [0.717, 1.165) is 37.7 Å². The smallest absolute Gasteiger partial charge is 0.105 e. The molecule has 2 spiro atoms. The highest BCUT2D eigenvalue weighted by atomic mass is 127. The van der Waals surface area contributed by atoms with E-state index in [2.05, 4.69) is 47.7 Å². The predicted molar refractivity (Wildman–Crippen MR) is 109 cm³/mol. The topological polar surface area (TPSA) is 52.9 Å². The third-order valence-corrected chi connectivity index (χ3v) is 9.67. The van der Waals surface area contributed by atoms with E-state index in [1.54, 1.807) is 0 Å². The van der Waals surface area contributed by atoms with Crippen LogP contribution in [-0.4, -0.2) is 58.7 Å². The Morgan fingerprint density at radius 3 is 2.73 bits per heavy atom. The number of fused-ring (bicyclic) bond motifs is 1. The lowest BCUT2D eigenvalue weighted by molar-refractivity contribution is -0.162. The maximum atomic E-state index is 10.9. The number of hydrogen-bond donors (Lipinski definition) is 2. The van der Waals surface area contributed by atoms with Crippen LogP contribution in [0, 0.1) is 11.3 Å². The van der Waals surface area contributed by atoms with Crippen LogP contribution in [0.15, 0.2) is 33.0 Å². The quantitative estimate of drug-likeness (QED) is 0.580. The molecule has 4 nitrogen and oxygen atoms in total. The molecule has 142 valence electrons. The number of likely N-dealkylation sites (N-methyl/N-ethyl adjacent to an activating group) is 1. The summed E-state index contributed by atoms with van der Waals surface area (Å²) in [6, 6.07) is -0.0837. The molecule has 5 aliphatic rings. The summed E-state index contributed by atoms with van der Waals surface area (Å²) in [5.74, 6) is 0.473. The molecule has 5 rings (SSSR count). The van der Waals surface area contributed by atoms with Crippen LogP contribution in [0.5, 0.6) is 0 Å². The molecule has 26 heavy (non-hydrogen) atoms. The molecular weight excluding hydrogens is 441 g/mol. The van der Waals surface area contributed by atoms with Crippen molar-refractivity contribution >= 4 is 22.6 Å². The molecule has 0 aromatic heterocycles. The summed E-state index contributed by atoms with van der Waals surface area (Å²) < 4.78 is 8.50. The fraction of sp³-hybridized carbons (Fsp3) is 0.714. The Balaban J connectivity index is 1.62. The predicted octanol–water partition coefficient (Wildman–Crippen LogP) is 2.95. The average molecular weight is 469 g/mol. The minimum atomic E-state index is -0.844. The summed E-state index contributed by atoms with van der Waals surface area (Å²) in [6.45, 7) is 2.39. The number of ether oxygens (including phenoxy) is 1. The van der Waals surface area contributed by atoms with Crippen molar-refractivity contribution in [3.8, 4) is 0 Å². The van der Waals surface area contributed by atoms with E-state index in [4.69, 9.17) is 4.74 Å². The van der Waals surface area contributed by atoms with Gasteiger partial charge < -0.3 is 19.8 Å². The summed E-state index contributed by atoms with van der Waals surface area (Å²) in [6.07, 6.45) is 10.1. The summed E-state index contributed by atoms with van der Waals surface area (Å²) in [7, 11) is 3.96. The highest BCUT2D eigenvalue weighted by molar-refractivity contribution is 14.1. The van der Waals surface area contributed by atoms with Crippen molar-refractivity contribution in [1.29, 1.82) is 0 Å². The Kier molecular flexibility index (Phi) is 3.74. The average Bonchev–Trinajstić information content (AvgIpc) is 3.07. The number of allylic oxidation sites excluding steroid dienone is 3. The summed E-state index contributed by atoms with van der Waals surface area (Å²) in [5, 5.41) is 21.6. The second kappa shape index (κ2) is 5.44. The van der Waals surface area contributed by atoms with Crippen molar-refractivity contribution in [2.45, 2.75) is 68.5 Å². The van der Waals surface area contributed by atoms with Gasteiger partial charge in [-0.2, -0.15) is 0 Å². The van der Waals surface area contributed by atoms with Crippen molar-refractivity contribution in [3.05, 3.63) is 33.0 Å². The molecule has 2 bridgehead atoms. The SMILES string of the molecule is CN(C)[C@H]1CC23CCC4(O2)C(=CC[C@]2(C)C(I)=CC[C@@H]42)C=C3[C@@H](O)[C@@H]1O. The van der Waals surface area contributed by atoms with Crippen molar-refractivity contribution in [2.24, 2.45) is 11.3 Å². The first-order valence-electron chi connectivity index (χ1n) is 9.75. The van der Waals surface area contributed by atoms with Crippen LogP contribution in [-0.2, 0) is 4.74 Å². The molecule has 0 amide bonds. The monoisotopic (exact) mass is 469 g/mol. The Bertz CT molecular complexity index is 758. The number of aliphatic hydroxyl groups is 2. The van der Waals surface area contributed by atoms with E-state index in [1.165, 1.54) is 9.15 Å². The van der Waals surface area contributed by atoms with Gasteiger partial charge in [-0.05, 0) is 83.5 Å². The van der Waals surface area contributed by atoms with Crippen LogP contribution < -0.4 is 0 Å². The number of rotatable bonds is 1. The molecule has 1 saturated carbocycles. The maximum absolute atomic E-state index is 10.9. The van der Waals surface area contributed by atoms with Crippen molar-refractivity contribution in [3.63, 3.8) is 0 Å². The maximum Gasteiger partial charge on any atom is 0.105 e. The zero-order valence-electron chi connectivity index (χ0n) is 15.7. The Morgan fingerprint density at radius 2 is 2.00 bits per heavy atom.